The molecule has 1 aromatic heterocycles. The quantitative estimate of drug-likeness (QED) is 0.299. The molecule has 0 saturated carbocycles. The summed E-state index contributed by atoms with van der Waals surface area (Å²) in [4.78, 5) is 15.8. The molecule has 1 rings (SSSR count). The van der Waals surface area contributed by atoms with Crippen molar-refractivity contribution in [1.29, 1.82) is 0 Å². The van der Waals surface area contributed by atoms with Crippen molar-refractivity contribution in [1.82, 2.24) is 14.9 Å². The first-order valence-corrected chi connectivity index (χ1v) is 5.21. The number of imidazole rings is 1. The number of carbonyl (C=O) groups excluding carboxylic acids is 1. The molecule has 0 spiro atoms. The molecular weight excluding hydrogens is 222 g/mol. The summed E-state index contributed by atoms with van der Waals surface area (Å²) in [5, 5.41) is 14.4. The molecule has 1 heterocycles. The second-order valence-electron chi connectivity index (χ2n) is 4.01. The summed E-state index contributed by atoms with van der Waals surface area (Å²) in [5.74, 6) is -0.350. The first-order valence-electron chi connectivity index (χ1n) is 5.21. The molecule has 17 heavy (non-hydrogen) atoms. The number of hydrogen-bond acceptors (Lipinski definition) is 4. The third-order valence-corrected chi connectivity index (χ3v) is 2.82. The van der Waals surface area contributed by atoms with Crippen LogP contribution in [-0.2, 0) is 7.05 Å². The van der Waals surface area contributed by atoms with E-state index in [-0.39, 0.29) is 11.7 Å². The zero-order valence-corrected chi connectivity index (χ0v) is 10.1. The summed E-state index contributed by atoms with van der Waals surface area (Å²) in [6, 6.07) is 0. The van der Waals surface area contributed by atoms with Crippen molar-refractivity contribution in [3.8, 4) is 0 Å². The molecule has 7 nitrogen and oxygen atoms in total. The van der Waals surface area contributed by atoms with Gasteiger partial charge in [0.15, 0.2) is 5.84 Å². The summed E-state index contributed by atoms with van der Waals surface area (Å²) >= 11 is 0. The number of rotatable bonds is 4. The first kappa shape index (κ1) is 13.0. The molecule has 1 aromatic rings. The Labute approximate surface area is 99.3 Å². The molecule has 0 aliphatic heterocycles. The van der Waals surface area contributed by atoms with Crippen LogP contribution in [0.3, 0.4) is 0 Å². The topological polar surface area (TPSA) is 106 Å². The molecule has 7 heteroatoms. The van der Waals surface area contributed by atoms with E-state index in [2.05, 4.69) is 15.5 Å². The Morgan fingerprint density at radius 2 is 2.41 bits per heavy atom. The van der Waals surface area contributed by atoms with Gasteiger partial charge in [-0.1, -0.05) is 12.1 Å². The van der Waals surface area contributed by atoms with Gasteiger partial charge in [-0.2, -0.15) is 0 Å². The number of nitrogens with two attached hydrogens (primary N) is 1. The Morgan fingerprint density at radius 1 is 1.76 bits per heavy atom. The van der Waals surface area contributed by atoms with Crippen molar-refractivity contribution in [2.75, 3.05) is 0 Å². The minimum atomic E-state index is -0.879. The van der Waals surface area contributed by atoms with Gasteiger partial charge in [0.25, 0.3) is 5.91 Å². The van der Waals surface area contributed by atoms with Gasteiger partial charge >= 0.3 is 0 Å². The van der Waals surface area contributed by atoms with Crippen molar-refractivity contribution in [3.05, 3.63) is 18.2 Å². The normalized spacial score (nSPS) is 15.4. The van der Waals surface area contributed by atoms with Crippen LogP contribution in [0.5, 0.6) is 0 Å². The Balaban J connectivity index is 2.91. The minimum Gasteiger partial charge on any atom is -0.409 e. The molecule has 94 valence electrons. The van der Waals surface area contributed by atoms with Gasteiger partial charge in [-0.05, 0) is 13.3 Å². The van der Waals surface area contributed by atoms with Gasteiger partial charge in [0.05, 0.1) is 18.1 Å². The standard InChI is InChI=1S/C10H17N5O2/c1-4-10(2,9(11)14-17)13-8(16)7-5-12-6-15(7)3/h5-6,17H,4H2,1-3H3,(H2,11,14)(H,13,16). The Kier molecular flexibility index (Phi) is 3.72. The maximum atomic E-state index is 12.0. The maximum Gasteiger partial charge on any atom is 0.270 e. The van der Waals surface area contributed by atoms with Crippen LogP contribution in [0.25, 0.3) is 0 Å². The number of amidine groups is 1. The Bertz CT molecular complexity index is 440. The van der Waals surface area contributed by atoms with Gasteiger partial charge < -0.3 is 20.8 Å². The zero-order chi connectivity index (χ0) is 13.1. The van der Waals surface area contributed by atoms with Crippen LogP contribution in [-0.4, -0.2) is 32.0 Å². The van der Waals surface area contributed by atoms with Crippen LogP contribution < -0.4 is 11.1 Å². The number of nitrogens with zero attached hydrogens (tertiary/aromatic N) is 3. The fourth-order valence-electron chi connectivity index (χ4n) is 1.33. The number of hydrogen-bond donors (Lipinski definition) is 3. The van der Waals surface area contributed by atoms with Crippen molar-refractivity contribution in [2.24, 2.45) is 17.9 Å². The highest BCUT2D eigenvalue weighted by Gasteiger charge is 2.30. The summed E-state index contributed by atoms with van der Waals surface area (Å²) in [6.45, 7) is 3.53. The lowest BCUT2D eigenvalue weighted by molar-refractivity contribution is 0.0916. The van der Waals surface area contributed by atoms with Gasteiger partial charge in [0, 0.05) is 7.05 Å². The molecule has 1 amide bonds. The average molecular weight is 239 g/mol. The first-order chi connectivity index (χ1) is 7.94. The molecule has 1 atom stereocenters. The molecular formula is C10H17N5O2. The fraction of sp³-hybridized carbons (Fsp3) is 0.500. The Morgan fingerprint density at radius 3 is 2.82 bits per heavy atom. The number of aromatic nitrogens is 2. The number of amides is 1. The lowest BCUT2D eigenvalue weighted by Gasteiger charge is -2.27. The van der Waals surface area contributed by atoms with E-state index >= 15 is 0 Å². The lowest BCUT2D eigenvalue weighted by Crippen LogP contribution is -2.55. The second-order valence-corrected chi connectivity index (χ2v) is 4.01. The molecule has 4 N–H and O–H groups in total. The van der Waals surface area contributed by atoms with Crippen molar-refractivity contribution in [2.45, 2.75) is 25.8 Å². The van der Waals surface area contributed by atoms with Crippen LogP contribution in [0.15, 0.2) is 17.7 Å². The lowest BCUT2D eigenvalue weighted by atomic mass is 9.97. The van der Waals surface area contributed by atoms with Crippen molar-refractivity contribution in [3.63, 3.8) is 0 Å². The monoisotopic (exact) mass is 239 g/mol. The Hall–Kier alpha value is -2.05. The molecule has 0 bridgehead atoms. The minimum absolute atomic E-state index is 0.0319. The van der Waals surface area contributed by atoms with Crippen molar-refractivity contribution < 1.29 is 10.0 Å². The maximum absolute atomic E-state index is 12.0. The largest absolute Gasteiger partial charge is 0.409 e. The van der Waals surface area contributed by atoms with Crippen LogP contribution in [0.1, 0.15) is 30.8 Å². The summed E-state index contributed by atoms with van der Waals surface area (Å²) in [7, 11) is 1.72. The van der Waals surface area contributed by atoms with E-state index in [4.69, 9.17) is 10.9 Å². The van der Waals surface area contributed by atoms with E-state index in [0.29, 0.717) is 12.1 Å². The van der Waals surface area contributed by atoms with E-state index in [1.807, 2.05) is 6.92 Å². The molecule has 0 aromatic carbocycles. The molecule has 0 radical (unpaired) electrons. The molecule has 0 saturated heterocycles. The zero-order valence-electron chi connectivity index (χ0n) is 10.1. The van der Waals surface area contributed by atoms with Gasteiger partial charge in [-0.3, -0.25) is 4.79 Å². The SMILES string of the molecule is CCC(C)(NC(=O)c1cncn1C)C(N)=NO. The van der Waals surface area contributed by atoms with E-state index in [1.165, 1.54) is 12.5 Å². The van der Waals surface area contributed by atoms with E-state index in [9.17, 15) is 4.79 Å². The van der Waals surface area contributed by atoms with Gasteiger partial charge in [0.1, 0.15) is 5.69 Å². The number of aryl methyl sites for hydroxylation is 1. The van der Waals surface area contributed by atoms with Gasteiger partial charge in [-0.15, -0.1) is 0 Å². The van der Waals surface area contributed by atoms with Crippen LogP contribution in [0.2, 0.25) is 0 Å². The van der Waals surface area contributed by atoms with Crippen molar-refractivity contribution >= 4 is 11.7 Å². The number of oxime groups is 1. The van der Waals surface area contributed by atoms with E-state index in [1.54, 1.807) is 18.5 Å². The smallest absolute Gasteiger partial charge is 0.270 e. The van der Waals surface area contributed by atoms with Gasteiger partial charge in [-0.25, -0.2) is 4.98 Å². The number of carbonyl (C=O) groups is 1. The van der Waals surface area contributed by atoms with E-state index < -0.39 is 5.54 Å². The van der Waals surface area contributed by atoms with Crippen LogP contribution in [0, 0.1) is 0 Å². The predicted molar refractivity (Wildman–Crippen MR) is 62.8 cm³/mol. The fourth-order valence-corrected chi connectivity index (χ4v) is 1.33. The number of nitrogens with one attached hydrogen (secondary N) is 1. The third-order valence-electron chi connectivity index (χ3n) is 2.82. The van der Waals surface area contributed by atoms with Crippen LogP contribution in [0.4, 0.5) is 0 Å². The summed E-state index contributed by atoms with van der Waals surface area (Å²) in [5.41, 5.74) is 5.10. The van der Waals surface area contributed by atoms with Crippen LogP contribution >= 0.6 is 0 Å². The summed E-state index contributed by atoms with van der Waals surface area (Å²) < 4.78 is 1.59. The summed E-state index contributed by atoms with van der Waals surface area (Å²) in [6.07, 6.45) is 3.49. The molecule has 0 aliphatic carbocycles. The third kappa shape index (κ3) is 2.55. The van der Waals surface area contributed by atoms with E-state index in [0.717, 1.165) is 0 Å². The van der Waals surface area contributed by atoms with Gasteiger partial charge in [0.2, 0.25) is 0 Å². The highest BCUT2D eigenvalue weighted by atomic mass is 16.4. The molecule has 0 aliphatic rings. The average Bonchev–Trinajstić information content (AvgIpc) is 2.74. The second kappa shape index (κ2) is 4.86. The highest BCUT2D eigenvalue weighted by Crippen LogP contribution is 2.11. The predicted octanol–water partition coefficient (Wildman–Crippen LogP) is 0.0650. The highest BCUT2D eigenvalue weighted by molar-refractivity contribution is 5.99. The molecule has 0 fully saturated rings. The molecule has 1 unspecified atom stereocenters.